The number of benzene rings is 1. The summed E-state index contributed by atoms with van der Waals surface area (Å²) in [6.45, 7) is 7.92. The van der Waals surface area contributed by atoms with E-state index < -0.39 is 0 Å². The number of nitrogens with zero attached hydrogens (tertiary/aromatic N) is 2. The van der Waals surface area contributed by atoms with Crippen LogP contribution in [0.25, 0.3) is 0 Å². The number of piperidine rings is 1. The van der Waals surface area contributed by atoms with E-state index in [0.29, 0.717) is 19.5 Å². The summed E-state index contributed by atoms with van der Waals surface area (Å²) in [6, 6.07) is 6.54. The molecule has 0 aliphatic carbocycles. The van der Waals surface area contributed by atoms with E-state index in [1.165, 1.54) is 21.9 Å². The van der Waals surface area contributed by atoms with E-state index in [4.69, 9.17) is 0 Å². The molecule has 0 aromatic heterocycles. The fourth-order valence-corrected chi connectivity index (χ4v) is 3.66. The van der Waals surface area contributed by atoms with Crippen LogP contribution in [0.15, 0.2) is 24.3 Å². The Balaban J connectivity index is 1.54. The number of nitrogens with one attached hydrogen (secondary N) is 1. The van der Waals surface area contributed by atoms with Crippen molar-refractivity contribution in [3.63, 3.8) is 0 Å². The van der Waals surface area contributed by atoms with E-state index in [1.807, 2.05) is 13.8 Å². The second-order valence-electron chi connectivity index (χ2n) is 7.60. The Morgan fingerprint density at radius 1 is 1.08 bits per heavy atom. The van der Waals surface area contributed by atoms with Crippen molar-refractivity contribution < 1.29 is 18.9 Å². The summed E-state index contributed by atoms with van der Waals surface area (Å²) in [5.41, 5.74) is 0.839. The lowest BCUT2D eigenvalue weighted by Crippen LogP contribution is -3.16. The first-order chi connectivity index (χ1) is 11.9. The molecule has 6 heteroatoms. The van der Waals surface area contributed by atoms with Crippen LogP contribution in [-0.2, 0) is 9.59 Å². The minimum absolute atomic E-state index is 0.0333. The Morgan fingerprint density at radius 3 is 2.16 bits per heavy atom. The Hall–Kier alpha value is -1.95. The molecule has 2 amide bonds. The molecule has 0 atom stereocenters. The average molecular weight is 348 g/mol. The molecular formula is C19H27FN3O2+. The van der Waals surface area contributed by atoms with Crippen LogP contribution in [-0.4, -0.2) is 49.6 Å². The van der Waals surface area contributed by atoms with E-state index in [9.17, 15) is 14.0 Å². The number of anilines is 1. The van der Waals surface area contributed by atoms with Crippen LogP contribution in [0.1, 0.15) is 33.1 Å². The number of quaternary nitrogens is 1. The number of amides is 2. The van der Waals surface area contributed by atoms with Gasteiger partial charge >= 0.3 is 0 Å². The molecule has 5 nitrogen and oxygen atoms in total. The molecule has 2 saturated heterocycles. The van der Waals surface area contributed by atoms with Crippen LogP contribution in [0.3, 0.4) is 0 Å². The van der Waals surface area contributed by atoms with Gasteiger partial charge in [-0.25, -0.2) is 9.29 Å². The Bertz CT molecular complexity index is 621. The quantitative estimate of drug-likeness (QED) is 0.828. The van der Waals surface area contributed by atoms with E-state index >= 15 is 0 Å². The van der Waals surface area contributed by atoms with Crippen molar-refractivity contribution in [3.8, 4) is 0 Å². The Morgan fingerprint density at radius 2 is 1.64 bits per heavy atom. The van der Waals surface area contributed by atoms with Gasteiger partial charge in [0.15, 0.2) is 6.67 Å². The molecule has 2 heterocycles. The van der Waals surface area contributed by atoms with Crippen molar-refractivity contribution >= 4 is 17.5 Å². The lowest BCUT2D eigenvalue weighted by atomic mass is 9.77. The summed E-state index contributed by atoms with van der Waals surface area (Å²) < 4.78 is 13.0. The number of rotatable bonds is 4. The van der Waals surface area contributed by atoms with Gasteiger partial charge in [0.2, 0.25) is 11.8 Å². The van der Waals surface area contributed by atoms with Gasteiger partial charge in [0.25, 0.3) is 0 Å². The van der Waals surface area contributed by atoms with Gasteiger partial charge in [0, 0.05) is 18.5 Å². The number of likely N-dealkylation sites (tertiary alicyclic amines) is 1. The van der Waals surface area contributed by atoms with Crippen molar-refractivity contribution in [2.75, 3.05) is 37.7 Å². The second kappa shape index (κ2) is 7.12. The highest BCUT2D eigenvalue weighted by Crippen LogP contribution is 2.34. The molecule has 25 heavy (non-hydrogen) atoms. The first kappa shape index (κ1) is 17.9. The van der Waals surface area contributed by atoms with Crippen LogP contribution >= 0.6 is 0 Å². The zero-order valence-electron chi connectivity index (χ0n) is 15.1. The first-order valence-electron chi connectivity index (χ1n) is 9.07. The van der Waals surface area contributed by atoms with Gasteiger partial charge in [-0.2, -0.15) is 0 Å². The first-order valence-corrected chi connectivity index (χ1v) is 9.07. The smallest absolute Gasteiger partial charge is 0.234 e. The molecular weight excluding hydrogens is 321 g/mol. The highest BCUT2D eigenvalue weighted by molar-refractivity contribution is 5.98. The third-order valence-corrected chi connectivity index (χ3v) is 5.66. The molecule has 3 rings (SSSR count). The monoisotopic (exact) mass is 348 g/mol. The number of imide groups is 1. The third kappa shape index (κ3) is 4.00. The maximum Gasteiger partial charge on any atom is 0.234 e. The van der Waals surface area contributed by atoms with Gasteiger partial charge in [-0.05, 0) is 36.1 Å². The maximum absolute atomic E-state index is 13.0. The van der Waals surface area contributed by atoms with Crippen LogP contribution in [0.5, 0.6) is 0 Å². The number of piperazine rings is 1. The summed E-state index contributed by atoms with van der Waals surface area (Å²) in [4.78, 5) is 29.8. The Kier molecular flexibility index (Phi) is 5.08. The lowest BCUT2D eigenvalue weighted by Gasteiger charge is -2.39. The van der Waals surface area contributed by atoms with Crippen molar-refractivity contribution in [3.05, 3.63) is 30.1 Å². The fraction of sp³-hybridized carbons (Fsp3) is 0.579. The van der Waals surface area contributed by atoms with Crippen molar-refractivity contribution in [1.29, 1.82) is 0 Å². The van der Waals surface area contributed by atoms with Crippen LogP contribution in [0, 0.1) is 11.2 Å². The third-order valence-electron chi connectivity index (χ3n) is 5.66. The van der Waals surface area contributed by atoms with Crippen molar-refractivity contribution in [2.24, 2.45) is 5.41 Å². The van der Waals surface area contributed by atoms with Gasteiger partial charge in [0.1, 0.15) is 5.82 Å². The number of carbonyl (C=O) groups excluding carboxylic acids is 2. The minimum Gasteiger partial charge on any atom is -0.360 e. The summed E-state index contributed by atoms with van der Waals surface area (Å²) in [7, 11) is 0. The zero-order valence-corrected chi connectivity index (χ0v) is 15.1. The van der Waals surface area contributed by atoms with E-state index in [2.05, 4.69) is 4.90 Å². The minimum atomic E-state index is -0.228. The molecule has 1 aromatic rings. The zero-order chi connectivity index (χ0) is 18.0. The number of hydrogen-bond donors (Lipinski definition) is 1. The fourth-order valence-electron chi connectivity index (χ4n) is 3.66. The lowest BCUT2D eigenvalue weighted by molar-refractivity contribution is -0.908. The highest BCUT2D eigenvalue weighted by Gasteiger charge is 2.41. The van der Waals surface area contributed by atoms with Crippen LogP contribution in [0.4, 0.5) is 10.1 Å². The molecule has 1 aromatic carbocycles. The van der Waals surface area contributed by atoms with Crippen molar-refractivity contribution in [1.82, 2.24) is 4.90 Å². The number of carbonyl (C=O) groups is 2. The molecule has 2 aliphatic rings. The van der Waals surface area contributed by atoms with Gasteiger partial charge in [-0.15, -0.1) is 0 Å². The molecule has 0 saturated carbocycles. The average Bonchev–Trinajstić information content (AvgIpc) is 2.59. The van der Waals surface area contributed by atoms with Gasteiger partial charge in [-0.1, -0.05) is 13.8 Å². The van der Waals surface area contributed by atoms with Gasteiger partial charge < -0.3 is 9.80 Å². The van der Waals surface area contributed by atoms with Crippen LogP contribution in [0.2, 0.25) is 0 Å². The highest BCUT2D eigenvalue weighted by atomic mass is 19.1. The number of halogens is 1. The van der Waals surface area contributed by atoms with Crippen LogP contribution < -0.4 is 9.80 Å². The largest absolute Gasteiger partial charge is 0.360 e. The second-order valence-corrected chi connectivity index (χ2v) is 7.60. The number of hydrogen-bond acceptors (Lipinski definition) is 3. The summed E-state index contributed by atoms with van der Waals surface area (Å²) >= 11 is 0. The normalized spacial score (nSPS) is 21.7. The van der Waals surface area contributed by atoms with Gasteiger partial charge in [0.05, 0.1) is 26.2 Å². The summed E-state index contributed by atoms with van der Waals surface area (Å²) in [6.07, 6.45) is 1.77. The molecule has 2 fully saturated rings. The topological polar surface area (TPSA) is 45.1 Å². The predicted molar refractivity (Wildman–Crippen MR) is 93.7 cm³/mol. The molecule has 0 radical (unpaired) electrons. The Labute approximate surface area is 148 Å². The predicted octanol–water partition coefficient (Wildman–Crippen LogP) is 1.05. The standard InChI is InChI=1S/C19H26FN3O2/c1-3-19(2)12-17(24)23(18(25)13-19)14-21-8-10-22(11-9-21)16-6-4-15(20)5-7-16/h4-7H,3,8-14H2,1-2H3/p+1. The summed E-state index contributed by atoms with van der Waals surface area (Å²) in [5.74, 6) is -0.294. The SMILES string of the molecule is CCC1(C)CC(=O)N(C[NH+]2CCN(c3ccc(F)cc3)CC2)C(=O)C1. The summed E-state index contributed by atoms with van der Waals surface area (Å²) in [5, 5.41) is 0. The molecule has 1 N–H and O–H groups in total. The molecule has 0 bridgehead atoms. The van der Waals surface area contributed by atoms with Gasteiger partial charge in [-0.3, -0.25) is 9.59 Å². The van der Waals surface area contributed by atoms with E-state index in [0.717, 1.165) is 38.3 Å². The van der Waals surface area contributed by atoms with E-state index in [1.54, 1.807) is 12.1 Å². The molecule has 0 spiro atoms. The molecule has 136 valence electrons. The maximum atomic E-state index is 13.0. The van der Waals surface area contributed by atoms with Crippen molar-refractivity contribution in [2.45, 2.75) is 33.1 Å². The molecule has 2 aliphatic heterocycles. The molecule has 0 unspecified atom stereocenters. The van der Waals surface area contributed by atoms with E-state index in [-0.39, 0.29) is 23.0 Å².